The molecule has 0 bridgehead atoms. The highest BCUT2D eigenvalue weighted by atomic mass is 32.2. The Kier molecular flexibility index (Phi) is 3.85. The Hall–Kier alpha value is -1.17. The lowest BCUT2D eigenvalue weighted by Crippen LogP contribution is -2.33. The molecule has 98 valence electrons. The zero-order valence-electron chi connectivity index (χ0n) is 10.1. The molecule has 1 saturated carbocycles. The Morgan fingerprint density at radius 1 is 1.39 bits per heavy atom. The van der Waals surface area contributed by atoms with Crippen molar-refractivity contribution in [3.8, 4) is 0 Å². The van der Waals surface area contributed by atoms with Crippen LogP contribution in [-0.2, 0) is 16.6 Å². The Labute approximate surface area is 108 Å². The number of sulfonamides is 1. The fourth-order valence-electron chi connectivity index (χ4n) is 1.95. The Balaban J connectivity index is 2.42. The van der Waals surface area contributed by atoms with Gasteiger partial charge in [0.05, 0.1) is 11.5 Å². The maximum Gasteiger partial charge on any atom is 0.243 e. The zero-order valence-corrected chi connectivity index (χ0v) is 10.9. The molecule has 0 atom stereocenters. The second-order valence-corrected chi connectivity index (χ2v) is 6.22. The van der Waals surface area contributed by atoms with Gasteiger partial charge in [-0.05, 0) is 24.5 Å². The number of rotatable bonds is 6. The minimum atomic E-state index is -3.54. The van der Waals surface area contributed by atoms with E-state index in [1.807, 2.05) is 0 Å². The van der Waals surface area contributed by atoms with Crippen molar-refractivity contribution >= 4 is 10.0 Å². The summed E-state index contributed by atoms with van der Waals surface area (Å²) in [5.41, 5.74) is 0.437. The molecule has 1 aliphatic rings. The first-order chi connectivity index (χ1) is 8.61. The average Bonchev–Trinajstić information content (AvgIpc) is 3.19. The Morgan fingerprint density at radius 2 is 2.06 bits per heavy atom. The molecule has 2 rings (SSSR count). The van der Waals surface area contributed by atoms with Crippen molar-refractivity contribution in [2.45, 2.75) is 30.4 Å². The van der Waals surface area contributed by atoms with E-state index in [1.54, 1.807) is 30.3 Å². The summed E-state index contributed by atoms with van der Waals surface area (Å²) in [4.78, 5) is 0.196. The lowest BCUT2D eigenvalue weighted by molar-refractivity contribution is 0.278. The molecule has 0 aromatic heterocycles. The van der Waals surface area contributed by atoms with E-state index >= 15 is 0 Å². The van der Waals surface area contributed by atoms with E-state index in [4.69, 9.17) is 0 Å². The van der Waals surface area contributed by atoms with Crippen LogP contribution in [0.5, 0.6) is 0 Å². The smallest absolute Gasteiger partial charge is 0.243 e. The van der Waals surface area contributed by atoms with Crippen molar-refractivity contribution < 1.29 is 13.5 Å². The number of aliphatic hydroxyl groups excluding tert-OH is 1. The standard InChI is InChI=1S/C13H17NO3S/c1-2-9-14(12-7-8-12)18(16,17)13-6-4-3-5-11(13)10-15/h2-6,12,15H,1,7-10H2. The monoisotopic (exact) mass is 267 g/mol. The van der Waals surface area contributed by atoms with Crippen molar-refractivity contribution in [3.63, 3.8) is 0 Å². The zero-order chi connectivity index (χ0) is 13.2. The van der Waals surface area contributed by atoms with Gasteiger partial charge in [0, 0.05) is 12.6 Å². The third-order valence-electron chi connectivity index (χ3n) is 2.99. The van der Waals surface area contributed by atoms with Gasteiger partial charge in [0.25, 0.3) is 0 Å². The third-order valence-corrected chi connectivity index (χ3v) is 5.01. The summed E-state index contributed by atoms with van der Waals surface area (Å²) in [6.45, 7) is 3.64. The van der Waals surface area contributed by atoms with Gasteiger partial charge in [-0.2, -0.15) is 4.31 Å². The molecule has 0 radical (unpaired) electrons. The van der Waals surface area contributed by atoms with Crippen LogP contribution in [0, 0.1) is 0 Å². The molecule has 0 heterocycles. The van der Waals surface area contributed by atoms with E-state index in [2.05, 4.69) is 6.58 Å². The second kappa shape index (κ2) is 5.22. The van der Waals surface area contributed by atoms with E-state index in [1.165, 1.54) is 4.31 Å². The fraction of sp³-hybridized carbons (Fsp3) is 0.385. The van der Waals surface area contributed by atoms with Crippen LogP contribution in [0.2, 0.25) is 0 Å². The molecular weight excluding hydrogens is 250 g/mol. The van der Waals surface area contributed by atoms with Gasteiger partial charge in [0.2, 0.25) is 10.0 Å². The van der Waals surface area contributed by atoms with Crippen LogP contribution in [-0.4, -0.2) is 30.4 Å². The normalized spacial score (nSPS) is 15.9. The van der Waals surface area contributed by atoms with Crippen molar-refractivity contribution in [1.82, 2.24) is 4.31 Å². The molecular formula is C13H17NO3S. The number of aliphatic hydroxyl groups is 1. The summed E-state index contributed by atoms with van der Waals surface area (Å²) in [7, 11) is -3.54. The lowest BCUT2D eigenvalue weighted by atomic mass is 10.2. The molecule has 5 heteroatoms. The summed E-state index contributed by atoms with van der Waals surface area (Å²) < 4.78 is 26.6. The SMILES string of the molecule is C=CCN(C1CC1)S(=O)(=O)c1ccccc1CO. The summed E-state index contributed by atoms with van der Waals surface area (Å²) >= 11 is 0. The quantitative estimate of drug-likeness (QED) is 0.795. The molecule has 0 aliphatic heterocycles. The van der Waals surface area contributed by atoms with Crippen molar-refractivity contribution in [2.24, 2.45) is 0 Å². The highest BCUT2D eigenvalue weighted by Gasteiger charge is 2.37. The molecule has 1 aromatic rings. The number of benzene rings is 1. The van der Waals surface area contributed by atoms with E-state index in [0.717, 1.165) is 12.8 Å². The van der Waals surface area contributed by atoms with Gasteiger partial charge in [-0.15, -0.1) is 6.58 Å². The Morgan fingerprint density at radius 3 is 2.61 bits per heavy atom. The van der Waals surface area contributed by atoms with Gasteiger partial charge in [-0.1, -0.05) is 24.3 Å². The first-order valence-corrected chi connectivity index (χ1v) is 7.36. The molecule has 0 saturated heterocycles. The molecule has 1 fully saturated rings. The topological polar surface area (TPSA) is 57.6 Å². The van der Waals surface area contributed by atoms with Gasteiger partial charge in [-0.3, -0.25) is 0 Å². The largest absolute Gasteiger partial charge is 0.392 e. The van der Waals surface area contributed by atoms with Crippen LogP contribution >= 0.6 is 0 Å². The van der Waals surface area contributed by atoms with Crippen LogP contribution in [0.4, 0.5) is 0 Å². The van der Waals surface area contributed by atoms with Gasteiger partial charge in [-0.25, -0.2) is 8.42 Å². The number of hydrogen-bond acceptors (Lipinski definition) is 3. The molecule has 18 heavy (non-hydrogen) atoms. The molecule has 0 unspecified atom stereocenters. The molecule has 4 nitrogen and oxygen atoms in total. The number of hydrogen-bond donors (Lipinski definition) is 1. The molecule has 1 aliphatic carbocycles. The Bertz CT molecular complexity index is 535. The highest BCUT2D eigenvalue weighted by Crippen LogP contribution is 2.32. The fourth-order valence-corrected chi connectivity index (χ4v) is 3.82. The minimum Gasteiger partial charge on any atom is -0.392 e. The maximum absolute atomic E-state index is 12.6. The van der Waals surface area contributed by atoms with E-state index in [9.17, 15) is 13.5 Å². The van der Waals surface area contributed by atoms with Crippen LogP contribution in [0.15, 0.2) is 41.8 Å². The molecule has 0 amide bonds. The predicted molar refractivity (Wildman–Crippen MR) is 69.5 cm³/mol. The third kappa shape index (κ3) is 2.48. The van der Waals surface area contributed by atoms with E-state index < -0.39 is 10.0 Å². The van der Waals surface area contributed by atoms with E-state index in [-0.39, 0.29) is 17.5 Å². The lowest BCUT2D eigenvalue weighted by Gasteiger charge is -2.21. The minimum absolute atomic E-state index is 0.0831. The van der Waals surface area contributed by atoms with Crippen LogP contribution in [0.25, 0.3) is 0 Å². The van der Waals surface area contributed by atoms with Gasteiger partial charge in [0.15, 0.2) is 0 Å². The summed E-state index contributed by atoms with van der Waals surface area (Å²) in [6.07, 6.45) is 3.39. The first-order valence-electron chi connectivity index (χ1n) is 5.92. The molecule has 1 aromatic carbocycles. The predicted octanol–water partition coefficient (Wildman–Crippen LogP) is 1.52. The molecule has 1 N–H and O–H groups in total. The first kappa shape index (κ1) is 13.3. The van der Waals surface area contributed by atoms with Crippen LogP contribution in [0.3, 0.4) is 0 Å². The van der Waals surface area contributed by atoms with Crippen molar-refractivity contribution in [1.29, 1.82) is 0 Å². The summed E-state index contributed by atoms with van der Waals surface area (Å²) in [5.74, 6) is 0. The van der Waals surface area contributed by atoms with Gasteiger partial charge < -0.3 is 5.11 Å². The second-order valence-electron chi connectivity index (χ2n) is 4.36. The highest BCUT2D eigenvalue weighted by molar-refractivity contribution is 7.89. The maximum atomic E-state index is 12.6. The van der Waals surface area contributed by atoms with Crippen LogP contribution < -0.4 is 0 Å². The van der Waals surface area contributed by atoms with E-state index in [0.29, 0.717) is 12.1 Å². The summed E-state index contributed by atoms with van der Waals surface area (Å²) in [6, 6.07) is 6.65. The number of nitrogens with zero attached hydrogens (tertiary/aromatic N) is 1. The molecule has 0 spiro atoms. The van der Waals surface area contributed by atoms with Gasteiger partial charge in [0.1, 0.15) is 0 Å². The van der Waals surface area contributed by atoms with Crippen molar-refractivity contribution in [2.75, 3.05) is 6.54 Å². The summed E-state index contributed by atoms with van der Waals surface area (Å²) in [5, 5.41) is 9.24. The van der Waals surface area contributed by atoms with Crippen molar-refractivity contribution in [3.05, 3.63) is 42.5 Å². The van der Waals surface area contributed by atoms with Crippen LogP contribution in [0.1, 0.15) is 18.4 Å². The van der Waals surface area contributed by atoms with Gasteiger partial charge >= 0.3 is 0 Å². The average molecular weight is 267 g/mol.